The smallest absolute Gasteiger partial charge is 0.129 e. The molecule has 18 heavy (non-hydrogen) atoms. The first-order valence-corrected chi connectivity index (χ1v) is 7.35. The Morgan fingerprint density at radius 2 is 2.33 bits per heavy atom. The highest BCUT2D eigenvalue weighted by molar-refractivity contribution is 9.11. The van der Waals surface area contributed by atoms with Crippen LogP contribution in [0.4, 0.5) is 5.82 Å². The lowest BCUT2D eigenvalue weighted by Crippen LogP contribution is -2.19. The molecule has 0 unspecified atom stereocenters. The molecule has 0 amide bonds. The lowest BCUT2D eigenvalue weighted by atomic mass is 10.3. The first-order valence-electron chi connectivity index (χ1n) is 5.27. The maximum absolute atomic E-state index is 5.58. The number of rotatable bonds is 4. The predicted molar refractivity (Wildman–Crippen MR) is 84.3 cm³/mol. The zero-order chi connectivity index (χ0) is 13.1. The van der Waals surface area contributed by atoms with E-state index in [1.54, 1.807) is 11.3 Å². The van der Waals surface area contributed by atoms with E-state index in [2.05, 4.69) is 37.3 Å². The first-order chi connectivity index (χ1) is 8.56. The molecular weight excluding hydrogens is 330 g/mol. The van der Waals surface area contributed by atoms with E-state index in [4.69, 9.17) is 18.0 Å². The molecule has 0 aliphatic carbocycles. The Bertz CT molecular complexity index is 568. The molecule has 94 valence electrons. The Labute approximate surface area is 124 Å². The molecule has 0 spiro atoms. The van der Waals surface area contributed by atoms with Gasteiger partial charge in [0.2, 0.25) is 0 Å². The zero-order valence-electron chi connectivity index (χ0n) is 9.76. The van der Waals surface area contributed by atoms with Crippen LogP contribution in [0.1, 0.15) is 11.3 Å². The van der Waals surface area contributed by atoms with Crippen molar-refractivity contribution < 1.29 is 0 Å². The van der Waals surface area contributed by atoms with E-state index in [0.29, 0.717) is 10.7 Å². The van der Waals surface area contributed by atoms with Crippen molar-refractivity contribution in [3.63, 3.8) is 0 Å². The Morgan fingerprint density at radius 3 is 2.94 bits per heavy atom. The van der Waals surface area contributed by atoms with Crippen molar-refractivity contribution in [2.75, 3.05) is 11.9 Å². The topological polar surface area (TPSA) is 42.1 Å². The highest BCUT2D eigenvalue weighted by Gasteiger charge is 2.07. The van der Waals surface area contributed by atoms with Gasteiger partial charge in [-0.1, -0.05) is 18.3 Å². The summed E-state index contributed by atoms with van der Waals surface area (Å²) in [6.45, 7) is 0.801. The van der Waals surface area contributed by atoms with Gasteiger partial charge in [0.15, 0.2) is 0 Å². The average molecular weight is 342 g/mol. The third kappa shape index (κ3) is 3.28. The number of anilines is 1. The quantitative estimate of drug-likeness (QED) is 0.867. The maximum Gasteiger partial charge on any atom is 0.129 e. The van der Waals surface area contributed by atoms with Crippen LogP contribution in [0.3, 0.4) is 0 Å². The molecule has 3 nitrogen and oxygen atoms in total. The van der Waals surface area contributed by atoms with Crippen LogP contribution in [-0.4, -0.2) is 17.0 Å². The molecule has 0 saturated heterocycles. The van der Waals surface area contributed by atoms with Gasteiger partial charge in [0.05, 0.1) is 9.48 Å². The standard InChI is InChI=1S/C12H12BrN3S2/c1-16(6-8-5-10(13)18-7-8)11-4-2-3-9(15-11)12(14)17/h2-5,7H,6H2,1H3,(H2,14,17). The summed E-state index contributed by atoms with van der Waals surface area (Å²) in [5.74, 6) is 0.864. The molecule has 2 aromatic heterocycles. The summed E-state index contributed by atoms with van der Waals surface area (Å²) >= 11 is 10.1. The van der Waals surface area contributed by atoms with E-state index in [0.717, 1.165) is 16.1 Å². The molecule has 0 radical (unpaired) electrons. The highest BCUT2D eigenvalue weighted by atomic mass is 79.9. The number of hydrogen-bond donors (Lipinski definition) is 1. The number of thiocarbonyl (C=S) groups is 1. The van der Waals surface area contributed by atoms with E-state index >= 15 is 0 Å². The summed E-state index contributed by atoms with van der Waals surface area (Å²) in [6, 6.07) is 7.79. The van der Waals surface area contributed by atoms with Gasteiger partial charge in [-0.3, -0.25) is 0 Å². The highest BCUT2D eigenvalue weighted by Crippen LogP contribution is 2.22. The van der Waals surface area contributed by atoms with Gasteiger partial charge in [-0.15, -0.1) is 11.3 Å². The summed E-state index contributed by atoms with van der Waals surface area (Å²) in [5, 5.41) is 2.12. The van der Waals surface area contributed by atoms with Crippen LogP contribution in [0.15, 0.2) is 33.4 Å². The monoisotopic (exact) mass is 341 g/mol. The van der Waals surface area contributed by atoms with E-state index in [9.17, 15) is 0 Å². The molecule has 0 bridgehead atoms. The number of pyridine rings is 1. The van der Waals surface area contributed by atoms with Crippen molar-refractivity contribution in [1.29, 1.82) is 0 Å². The molecule has 2 heterocycles. The lowest BCUT2D eigenvalue weighted by Gasteiger charge is -2.17. The van der Waals surface area contributed by atoms with E-state index in [-0.39, 0.29) is 0 Å². The van der Waals surface area contributed by atoms with Crippen molar-refractivity contribution in [3.8, 4) is 0 Å². The number of nitrogens with two attached hydrogens (primary N) is 1. The first kappa shape index (κ1) is 13.5. The molecule has 0 fully saturated rings. The second kappa shape index (κ2) is 5.77. The Balaban J connectivity index is 2.15. The second-order valence-corrected chi connectivity index (χ2v) is 6.59. The molecule has 0 saturated carbocycles. The van der Waals surface area contributed by atoms with Crippen molar-refractivity contribution in [3.05, 3.63) is 44.7 Å². The van der Waals surface area contributed by atoms with Gasteiger partial charge in [-0.05, 0) is 45.1 Å². The van der Waals surface area contributed by atoms with Crippen molar-refractivity contribution in [2.45, 2.75) is 6.54 Å². The minimum absolute atomic E-state index is 0.323. The normalized spacial score (nSPS) is 10.3. The molecule has 0 aliphatic heterocycles. The molecule has 0 aromatic carbocycles. The summed E-state index contributed by atoms with van der Waals surface area (Å²) in [7, 11) is 2.00. The fourth-order valence-corrected chi connectivity index (χ4v) is 2.87. The number of thiophene rings is 1. The number of aromatic nitrogens is 1. The van der Waals surface area contributed by atoms with Gasteiger partial charge < -0.3 is 10.6 Å². The van der Waals surface area contributed by atoms with Crippen LogP contribution in [0.25, 0.3) is 0 Å². The Morgan fingerprint density at radius 1 is 1.56 bits per heavy atom. The van der Waals surface area contributed by atoms with Crippen molar-refractivity contribution in [1.82, 2.24) is 4.98 Å². The fraction of sp³-hybridized carbons (Fsp3) is 0.167. The Hall–Kier alpha value is -0.980. The van der Waals surface area contributed by atoms with Gasteiger partial charge >= 0.3 is 0 Å². The molecule has 0 aliphatic rings. The lowest BCUT2D eigenvalue weighted by molar-refractivity contribution is 0.900. The van der Waals surface area contributed by atoms with E-state index in [1.165, 1.54) is 5.56 Å². The minimum atomic E-state index is 0.323. The molecule has 2 rings (SSSR count). The van der Waals surface area contributed by atoms with Crippen LogP contribution < -0.4 is 10.6 Å². The van der Waals surface area contributed by atoms with Gasteiger partial charge in [-0.25, -0.2) is 4.98 Å². The average Bonchev–Trinajstić information content (AvgIpc) is 2.75. The molecule has 2 aromatic rings. The summed E-state index contributed by atoms with van der Waals surface area (Å²) < 4.78 is 1.13. The fourth-order valence-electron chi connectivity index (χ4n) is 1.56. The molecule has 0 atom stereocenters. The SMILES string of the molecule is CN(Cc1csc(Br)c1)c1cccc(C(N)=S)n1. The molecule has 6 heteroatoms. The van der Waals surface area contributed by atoms with E-state index in [1.807, 2.05) is 25.2 Å². The summed E-state index contributed by atoms with van der Waals surface area (Å²) in [5.41, 5.74) is 7.49. The summed E-state index contributed by atoms with van der Waals surface area (Å²) in [6.07, 6.45) is 0. The van der Waals surface area contributed by atoms with Crippen molar-refractivity contribution >= 4 is 50.3 Å². The zero-order valence-corrected chi connectivity index (χ0v) is 13.0. The van der Waals surface area contributed by atoms with Gasteiger partial charge in [0.25, 0.3) is 0 Å². The van der Waals surface area contributed by atoms with Crippen LogP contribution in [0.2, 0.25) is 0 Å². The van der Waals surface area contributed by atoms with Crippen LogP contribution >= 0.6 is 39.5 Å². The van der Waals surface area contributed by atoms with Crippen molar-refractivity contribution in [2.24, 2.45) is 5.73 Å². The number of halogens is 1. The van der Waals surface area contributed by atoms with Gasteiger partial charge in [-0.2, -0.15) is 0 Å². The third-order valence-corrected chi connectivity index (χ3v) is 4.18. The van der Waals surface area contributed by atoms with Crippen LogP contribution in [-0.2, 0) is 6.54 Å². The third-order valence-electron chi connectivity index (χ3n) is 2.42. The number of nitrogens with zero attached hydrogens (tertiary/aromatic N) is 2. The molecular formula is C12H12BrN3S2. The van der Waals surface area contributed by atoms with E-state index < -0.39 is 0 Å². The summed E-state index contributed by atoms with van der Waals surface area (Å²) in [4.78, 5) is 6.81. The van der Waals surface area contributed by atoms with Crippen LogP contribution in [0, 0.1) is 0 Å². The second-order valence-electron chi connectivity index (χ2n) is 3.86. The largest absolute Gasteiger partial charge is 0.388 e. The maximum atomic E-state index is 5.58. The predicted octanol–water partition coefficient (Wildman–Crippen LogP) is 3.18. The van der Waals surface area contributed by atoms with Gasteiger partial charge in [0, 0.05) is 13.6 Å². The molecule has 2 N–H and O–H groups in total. The Kier molecular flexibility index (Phi) is 4.31. The van der Waals surface area contributed by atoms with Crippen LogP contribution in [0.5, 0.6) is 0 Å². The minimum Gasteiger partial charge on any atom is -0.388 e. The number of hydrogen-bond acceptors (Lipinski definition) is 4. The van der Waals surface area contributed by atoms with Gasteiger partial charge in [0.1, 0.15) is 10.8 Å².